The van der Waals surface area contributed by atoms with E-state index in [4.69, 9.17) is 0 Å². The molecule has 61 heavy (non-hydrogen) atoms. The molecule has 0 aliphatic heterocycles. The largest absolute Gasteiger partial charge is 0.394 e. The van der Waals surface area contributed by atoms with E-state index in [0.717, 1.165) is 77.0 Å². The van der Waals surface area contributed by atoms with Crippen molar-refractivity contribution in [2.45, 2.75) is 251 Å². The molecule has 4 heteroatoms. The Morgan fingerprint density at radius 2 is 0.721 bits per heavy atom. The van der Waals surface area contributed by atoms with E-state index in [1.807, 2.05) is 0 Å². The molecule has 0 fully saturated rings. The molecule has 2 atom stereocenters. The van der Waals surface area contributed by atoms with Gasteiger partial charge in [0.15, 0.2) is 0 Å². The van der Waals surface area contributed by atoms with Crippen molar-refractivity contribution in [2.24, 2.45) is 0 Å². The minimum atomic E-state index is -0.669. The van der Waals surface area contributed by atoms with Gasteiger partial charge in [0.05, 0.1) is 18.8 Å². The summed E-state index contributed by atoms with van der Waals surface area (Å²) in [6, 6.07) is -0.547. The first-order valence-corrected chi connectivity index (χ1v) is 25.9. The topological polar surface area (TPSA) is 69.6 Å². The summed E-state index contributed by atoms with van der Waals surface area (Å²) in [6.07, 6.45) is 76.5. The van der Waals surface area contributed by atoms with E-state index in [-0.39, 0.29) is 12.5 Å². The summed E-state index contributed by atoms with van der Waals surface area (Å²) < 4.78 is 0. The number of hydrogen-bond acceptors (Lipinski definition) is 3. The Kier molecular flexibility index (Phi) is 49.4. The number of unbranched alkanes of at least 4 members (excludes halogenated alkanes) is 23. The standard InChI is InChI=1S/C57H99NO3/c1-3-5-7-9-11-13-15-17-19-21-22-23-24-25-26-27-28-29-30-31-32-33-34-35-36-37-39-41-43-45-47-49-51-53-57(61)58-55(54-59)56(60)52-50-48-46-44-42-40-38-20-18-16-14-12-10-8-6-4-2/h5,7,11,13,17,19,22-23,25-26,28-29,31-32,34-35,55-56,59-60H,3-4,6,8-10,12,14-16,18,20-21,24,27,30,33,36-54H2,1-2H3,(H,58,61)/b7-5-,13-11-,19-17-,23-22-,26-25-,29-28-,32-31-,35-34-. The van der Waals surface area contributed by atoms with E-state index >= 15 is 0 Å². The molecule has 2 unspecified atom stereocenters. The van der Waals surface area contributed by atoms with Crippen molar-refractivity contribution in [2.75, 3.05) is 6.61 Å². The van der Waals surface area contributed by atoms with Gasteiger partial charge in [-0.2, -0.15) is 0 Å². The van der Waals surface area contributed by atoms with Gasteiger partial charge in [0.2, 0.25) is 5.91 Å². The Labute approximate surface area is 379 Å². The van der Waals surface area contributed by atoms with Gasteiger partial charge < -0.3 is 15.5 Å². The van der Waals surface area contributed by atoms with Crippen molar-refractivity contribution in [3.05, 3.63) is 97.2 Å². The molecule has 4 nitrogen and oxygen atoms in total. The first-order valence-electron chi connectivity index (χ1n) is 25.9. The Morgan fingerprint density at radius 1 is 0.410 bits per heavy atom. The zero-order valence-electron chi connectivity index (χ0n) is 40.2. The molecule has 0 spiro atoms. The van der Waals surface area contributed by atoms with Crippen LogP contribution in [-0.4, -0.2) is 34.9 Å². The van der Waals surface area contributed by atoms with Crippen LogP contribution in [-0.2, 0) is 4.79 Å². The van der Waals surface area contributed by atoms with E-state index < -0.39 is 12.1 Å². The molecule has 0 aromatic heterocycles. The van der Waals surface area contributed by atoms with Crippen molar-refractivity contribution >= 4 is 5.91 Å². The third-order valence-corrected chi connectivity index (χ3v) is 11.4. The molecule has 0 saturated carbocycles. The van der Waals surface area contributed by atoms with Gasteiger partial charge in [0.25, 0.3) is 0 Å². The van der Waals surface area contributed by atoms with Crippen LogP contribution in [0, 0.1) is 0 Å². The number of nitrogens with one attached hydrogen (secondary N) is 1. The fourth-order valence-corrected chi connectivity index (χ4v) is 7.44. The molecule has 0 bridgehead atoms. The quantitative estimate of drug-likeness (QED) is 0.0422. The molecule has 0 rings (SSSR count). The number of rotatable bonds is 46. The van der Waals surface area contributed by atoms with Crippen LogP contribution in [0.15, 0.2) is 97.2 Å². The van der Waals surface area contributed by atoms with Gasteiger partial charge in [-0.3, -0.25) is 4.79 Å². The zero-order valence-corrected chi connectivity index (χ0v) is 40.2. The lowest BCUT2D eigenvalue weighted by atomic mass is 10.0. The van der Waals surface area contributed by atoms with Crippen molar-refractivity contribution in [1.82, 2.24) is 5.32 Å². The maximum atomic E-state index is 12.5. The normalized spacial score (nSPS) is 13.7. The highest BCUT2D eigenvalue weighted by molar-refractivity contribution is 5.76. The van der Waals surface area contributed by atoms with Crippen LogP contribution < -0.4 is 5.32 Å². The molecule has 0 saturated heterocycles. The van der Waals surface area contributed by atoms with Crippen LogP contribution in [0.3, 0.4) is 0 Å². The van der Waals surface area contributed by atoms with Crippen molar-refractivity contribution in [1.29, 1.82) is 0 Å². The van der Waals surface area contributed by atoms with Crippen LogP contribution in [0.2, 0.25) is 0 Å². The molecule has 0 radical (unpaired) electrons. The first-order chi connectivity index (χ1) is 30.2. The fourth-order valence-electron chi connectivity index (χ4n) is 7.44. The summed E-state index contributed by atoms with van der Waals surface area (Å²) in [6.45, 7) is 4.24. The molecular weight excluding hydrogens is 747 g/mol. The van der Waals surface area contributed by atoms with Gasteiger partial charge in [-0.1, -0.05) is 252 Å². The van der Waals surface area contributed by atoms with Gasteiger partial charge in [-0.25, -0.2) is 0 Å². The zero-order chi connectivity index (χ0) is 44.2. The molecule has 1 amide bonds. The fraction of sp³-hybridized carbons (Fsp3) is 0.702. The monoisotopic (exact) mass is 846 g/mol. The SMILES string of the molecule is CC/C=C\C/C=C\C/C=C\C/C=C\C/C=C\C/C=C\C/C=C\C/C=C\CCCCCCCCCCC(=O)NC(CO)C(O)CCCCCCCCCCCCCCCCCC. The second-order valence-electron chi connectivity index (χ2n) is 17.2. The van der Waals surface area contributed by atoms with Gasteiger partial charge in [0.1, 0.15) is 0 Å². The predicted molar refractivity (Wildman–Crippen MR) is 271 cm³/mol. The number of carbonyl (C=O) groups excluding carboxylic acids is 1. The Morgan fingerprint density at radius 3 is 1.08 bits per heavy atom. The molecule has 0 aliphatic carbocycles. The van der Waals surface area contributed by atoms with Crippen LogP contribution in [0.25, 0.3) is 0 Å². The Bertz CT molecular complexity index is 1140. The summed E-state index contributed by atoms with van der Waals surface area (Å²) >= 11 is 0. The van der Waals surface area contributed by atoms with Crippen molar-refractivity contribution in [3.8, 4) is 0 Å². The Hall–Kier alpha value is -2.69. The molecule has 0 aromatic carbocycles. The minimum Gasteiger partial charge on any atom is -0.394 e. The molecule has 0 aliphatic rings. The highest BCUT2D eigenvalue weighted by Crippen LogP contribution is 2.16. The summed E-state index contributed by atoms with van der Waals surface area (Å²) in [5.41, 5.74) is 0. The van der Waals surface area contributed by atoms with Crippen LogP contribution in [0.5, 0.6) is 0 Å². The number of hydrogen-bond donors (Lipinski definition) is 3. The summed E-state index contributed by atoms with van der Waals surface area (Å²) in [7, 11) is 0. The van der Waals surface area contributed by atoms with Gasteiger partial charge in [-0.05, 0) is 77.0 Å². The highest BCUT2D eigenvalue weighted by atomic mass is 16.3. The van der Waals surface area contributed by atoms with Crippen LogP contribution >= 0.6 is 0 Å². The van der Waals surface area contributed by atoms with Gasteiger partial charge >= 0.3 is 0 Å². The second kappa shape index (κ2) is 51.7. The van der Waals surface area contributed by atoms with Gasteiger partial charge in [-0.15, -0.1) is 0 Å². The molecule has 3 N–H and O–H groups in total. The average molecular weight is 846 g/mol. The number of allylic oxidation sites excluding steroid dienone is 16. The smallest absolute Gasteiger partial charge is 0.220 e. The van der Waals surface area contributed by atoms with E-state index in [9.17, 15) is 15.0 Å². The lowest BCUT2D eigenvalue weighted by Crippen LogP contribution is -2.45. The van der Waals surface area contributed by atoms with E-state index in [2.05, 4.69) is 116 Å². The summed E-state index contributed by atoms with van der Waals surface area (Å²) in [4.78, 5) is 12.5. The van der Waals surface area contributed by atoms with Gasteiger partial charge in [0, 0.05) is 6.42 Å². The molecular formula is C57H99NO3. The first kappa shape index (κ1) is 58.3. The van der Waals surface area contributed by atoms with E-state index in [1.165, 1.54) is 135 Å². The maximum absolute atomic E-state index is 12.5. The third-order valence-electron chi connectivity index (χ3n) is 11.4. The van der Waals surface area contributed by atoms with E-state index in [0.29, 0.717) is 12.8 Å². The summed E-state index contributed by atoms with van der Waals surface area (Å²) in [5, 5.41) is 23.3. The Balaban J connectivity index is 3.59. The third kappa shape index (κ3) is 48.2. The van der Waals surface area contributed by atoms with Crippen molar-refractivity contribution < 1.29 is 15.0 Å². The number of aliphatic hydroxyl groups excluding tert-OH is 2. The summed E-state index contributed by atoms with van der Waals surface area (Å²) in [5.74, 6) is -0.0431. The molecule has 0 aromatic rings. The van der Waals surface area contributed by atoms with Crippen LogP contribution in [0.1, 0.15) is 239 Å². The highest BCUT2D eigenvalue weighted by Gasteiger charge is 2.20. The lowest BCUT2D eigenvalue weighted by molar-refractivity contribution is -0.123. The van der Waals surface area contributed by atoms with E-state index in [1.54, 1.807) is 0 Å². The average Bonchev–Trinajstić information content (AvgIpc) is 3.26. The number of carbonyl (C=O) groups is 1. The van der Waals surface area contributed by atoms with Crippen LogP contribution in [0.4, 0.5) is 0 Å². The molecule has 0 heterocycles. The predicted octanol–water partition coefficient (Wildman–Crippen LogP) is 17.0. The molecule has 350 valence electrons. The van der Waals surface area contributed by atoms with Crippen molar-refractivity contribution in [3.63, 3.8) is 0 Å². The lowest BCUT2D eigenvalue weighted by Gasteiger charge is -2.22. The maximum Gasteiger partial charge on any atom is 0.220 e. The second-order valence-corrected chi connectivity index (χ2v) is 17.2. The number of amides is 1. The minimum absolute atomic E-state index is 0.0431. The number of aliphatic hydroxyl groups is 2.